The number of nitrogens with two attached hydrogens (primary N) is 1. The van der Waals surface area contributed by atoms with Gasteiger partial charge in [0.1, 0.15) is 11.5 Å². The van der Waals surface area contributed by atoms with E-state index in [0.29, 0.717) is 28.3 Å². The smallest absolute Gasteiger partial charge is 0.287 e. The van der Waals surface area contributed by atoms with E-state index in [4.69, 9.17) is 15.2 Å². The highest BCUT2D eigenvalue weighted by Gasteiger charge is 2.24. The summed E-state index contributed by atoms with van der Waals surface area (Å²) < 4.78 is 12.1. The van der Waals surface area contributed by atoms with Gasteiger partial charge in [-0.3, -0.25) is 9.36 Å². The minimum atomic E-state index is -0.779. The lowest BCUT2D eigenvalue weighted by Crippen LogP contribution is -2.17. The van der Waals surface area contributed by atoms with Crippen LogP contribution in [0, 0.1) is 0 Å². The third-order valence-corrected chi connectivity index (χ3v) is 4.51. The molecule has 4 N–H and O–H groups in total. The van der Waals surface area contributed by atoms with Crippen molar-refractivity contribution in [3.05, 3.63) is 41.7 Å². The molecule has 0 atom stereocenters. The summed E-state index contributed by atoms with van der Waals surface area (Å²) in [4.78, 5) is 11.9. The van der Waals surface area contributed by atoms with E-state index in [2.05, 4.69) is 10.2 Å². The van der Waals surface area contributed by atoms with Gasteiger partial charge >= 0.3 is 0 Å². The van der Waals surface area contributed by atoms with Crippen LogP contribution in [0.25, 0.3) is 17.1 Å². The highest BCUT2D eigenvalue weighted by Crippen LogP contribution is 2.39. The fourth-order valence-corrected chi connectivity index (χ4v) is 3.12. The molecule has 1 aliphatic rings. The summed E-state index contributed by atoms with van der Waals surface area (Å²) >= 11 is 0. The Labute approximate surface area is 160 Å². The number of benzene rings is 2. The molecule has 0 saturated heterocycles. The molecule has 9 heteroatoms. The Hall–Kier alpha value is -3.75. The van der Waals surface area contributed by atoms with Gasteiger partial charge in [0, 0.05) is 12.1 Å². The summed E-state index contributed by atoms with van der Waals surface area (Å²) in [7, 11) is 0. The van der Waals surface area contributed by atoms with Crippen LogP contribution in [-0.4, -0.2) is 37.7 Å². The van der Waals surface area contributed by atoms with Crippen LogP contribution >= 0.6 is 0 Å². The van der Waals surface area contributed by atoms with Crippen molar-refractivity contribution in [1.29, 1.82) is 0 Å². The van der Waals surface area contributed by atoms with Crippen LogP contribution in [0.4, 0.5) is 0 Å². The number of aromatic hydroxyl groups is 2. The molecule has 0 aliphatic carbocycles. The summed E-state index contributed by atoms with van der Waals surface area (Å²) in [6.07, 6.45) is 0. The van der Waals surface area contributed by atoms with E-state index in [1.165, 1.54) is 10.6 Å². The minimum absolute atomic E-state index is 0.00289. The first-order valence-electron chi connectivity index (χ1n) is 8.58. The minimum Gasteiger partial charge on any atom is -0.508 e. The molecule has 2 aromatic carbocycles. The van der Waals surface area contributed by atoms with Crippen LogP contribution in [0.2, 0.25) is 0 Å². The number of carbonyl (C=O) groups is 1. The standard InChI is InChI=1S/C19H18N4O5/c1-9(2)11-6-12(14(25)7-13(11)24)18-21-22-19(17(20)26)23(18)10-3-4-15-16(5-10)28-8-27-15/h3-7,9,24-25H,8H2,1-2H3,(H2,20,26). The number of amides is 1. The van der Waals surface area contributed by atoms with Gasteiger partial charge in [0.15, 0.2) is 17.3 Å². The van der Waals surface area contributed by atoms with E-state index >= 15 is 0 Å². The number of phenolic OH excluding ortho intramolecular Hbond substituents is 2. The second-order valence-corrected chi connectivity index (χ2v) is 6.67. The SMILES string of the molecule is CC(C)c1cc(-c2nnc(C(N)=O)n2-c2ccc3c(c2)OCO3)c(O)cc1O. The van der Waals surface area contributed by atoms with Gasteiger partial charge in [0.05, 0.1) is 11.3 Å². The Morgan fingerprint density at radius 1 is 1.11 bits per heavy atom. The quantitative estimate of drug-likeness (QED) is 0.630. The molecule has 144 valence electrons. The second kappa shape index (κ2) is 6.45. The van der Waals surface area contributed by atoms with E-state index in [-0.39, 0.29) is 35.9 Å². The van der Waals surface area contributed by atoms with Gasteiger partial charge in [-0.2, -0.15) is 0 Å². The molecule has 0 bridgehead atoms. The number of ether oxygens (including phenoxy) is 2. The number of hydrogen-bond donors (Lipinski definition) is 3. The van der Waals surface area contributed by atoms with Gasteiger partial charge < -0.3 is 25.4 Å². The Bertz CT molecular complexity index is 1090. The van der Waals surface area contributed by atoms with Gasteiger partial charge in [0.25, 0.3) is 5.91 Å². The Morgan fingerprint density at radius 2 is 1.86 bits per heavy atom. The molecule has 1 amide bonds. The maximum Gasteiger partial charge on any atom is 0.287 e. The zero-order valence-corrected chi connectivity index (χ0v) is 15.2. The Morgan fingerprint density at radius 3 is 2.57 bits per heavy atom. The third kappa shape index (κ3) is 2.77. The van der Waals surface area contributed by atoms with E-state index in [0.717, 1.165) is 0 Å². The first kappa shape index (κ1) is 17.7. The van der Waals surface area contributed by atoms with Crippen LogP contribution in [0.3, 0.4) is 0 Å². The van der Waals surface area contributed by atoms with Crippen LogP contribution in [-0.2, 0) is 0 Å². The summed E-state index contributed by atoms with van der Waals surface area (Å²) in [6, 6.07) is 7.93. The van der Waals surface area contributed by atoms with Gasteiger partial charge in [-0.05, 0) is 29.7 Å². The van der Waals surface area contributed by atoms with Crippen molar-refractivity contribution in [1.82, 2.24) is 14.8 Å². The number of rotatable bonds is 4. The molecule has 28 heavy (non-hydrogen) atoms. The molecule has 3 aromatic rings. The van der Waals surface area contributed by atoms with Gasteiger partial charge in [-0.25, -0.2) is 0 Å². The third-order valence-electron chi connectivity index (χ3n) is 4.51. The van der Waals surface area contributed by atoms with Gasteiger partial charge in [-0.15, -0.1) is 10.2 Å². The average molecular weight is 382 g/mol. The van der Waals surface area contributed by atoms with Crippen molar-refractivity contribution in [2.24, 2.45) is 5.73 Å². The van der Waals surface area contributed by atoms with Crippen molar-refractivity contribution in [3.63, 3.8) is 0 Å². The van der Waals surface area contributed by atoms with E-state index < -0.39 is 5.91 Å². The van der Waals surface area contributed by atoms with Crippen LogP contribution in [0.5, 0.6) is 23.0 Å². The molecule has 1 aromatic heterocycles. The molecule has 2 heterocycles. The zero-order valence-electron chi connectivity index (χ0n) is 15.2. The van der Waals surface area contributed by atoms with Crippen molar-refractivity contribution >= 4 is 5.91 Å². The molecule has 1 aliphatic heterocycles. The molecule has 4 rings (SSSR count). The van der Waals surface area contributed by atoms with E-state index in [9.17, 15) is 15.0 Å². The maximum absolute atomic E-state index is 11.9. The summed E-state index contributed by atoms with van der Waals surface area (Å²) in [5.74, 6) is 0.168. The summed E-state index contributed by atoms with van der Waals surface area (Å²) in [5.41, 5.74) is 6.91. The van der Waals surface area contributed by atoms with Gasteiger partial charge in [-0.1, -0.05) is 13.8 Å². The number of aromatic nitrogens is 3. The maximum atomic E-state index is 11.9. The Kier molecular flexibility index (Phi) is 4.07. The van der Waals surface area contributed by atoms with Crippen LogP contribution in [0.15, 0.2) is 30.3 Å². The average Bonchev–Trinajstić information content (AvgIpc) is 3.27. The fraction of sp³-hybridized carbons (Fsp3) is 0.211. The molecular weight excluding hydrogens is 364 g/mol. The lowest BCUT2D eigenvalue weighted by molar-refractivity contribution is 0.0988. The van der Waals surface area contributed by atoms with Crippen molar-refractivity contribution < 1.29 is 24.5 Å². The van der Waals surface area contributed by atoms with Crippen LogP contribution < -0.4 is 15.2 Å². The summed E-state index contributed by atoms with van der Waals surface area (Å²) in [6.45, 7) is 3.92. The first-order chi connectivity index (χ1) is 13.4. The number of carbonyl (C=O) groups excluding carboxylic acids is 1. The summed E-state index contributed by atoms with van der Waals surface area (Å²) in [5, 5.41) is 28.5. The highest BCUT2D eigenvalue weighted by atomic mass is 16.7. The normalized spacial score (nSPS) is 12.5. The molecule has 0 unspecified atom stereocenters. The fourth-order valence-electron chi connectivity index (χ4n) is 3.12. The molecular formula is C19H18N4O5. The number of primary amides is 1. The first-order valence-corrected chi connectivity index (χ1v) is 8.58. The topological polar surface area (TPSA) is 133 Å². The molecule has 0 fully saturated rings. The van der Waals surface area contributed by atoms with Crippen molar-refractivity contribution in [2.45, 2.75) is 19.8 Å². The second-order valence-electron chi connectivity index (χ2n) is 6.67. The lowest BCUT2D eigenvalue weighted by atomic mass is 9.98. The van der Waals surface area contributed by atoms with Crippen molar-refractivity contribution in [2.75, 3.05) is 6.79 Å². The van der Waals surface area contributed by atoms with E-state index in [1.54, 1.807) is 24.3 Å². The molecule has 0 spiro atoms. The molecule has 0 saturated carbocycles. The lowest BCUT2D eigenvalue weighted by Gasteiger charge is -2.14. The number of nitrogens with zero attached hydrogens (tertiary/aromatic N) is 3. The van der Waals surface area contributed by atoms with E-state index in [1.807, 2.05) is 13.8 Å². The van der Waals surface area contributed by atoms with Crippen molar-refractivity contribution in [3.8, 4) is 40.1 Å². The predicted molar refractivity (Wildman–Crippen MR) is 98.9 cm³/mol. The largest absolute Gasteiger partial charge is 0.508 e. The molecule has 0 radical (unpaired) electrons. The Balaban J connectivity index is 1.95. The number of fused-ring (bicyclic) bond motifs is 1. The number of phenols is 2. The zero-order chi connectivity index (χ0) is 20.0. The molecule has 9 nitrogen and oxygen atoms in total. The monoisotopic (exact) mass is 382 g/mol. The predicted octanol–water partition coefficient (Wildman–Crippen LogP) is 2.30. The highest BCUT2D eigenvalue weighted by molar-refractivity contribution is 5.91. The van der Waals surface area contributed by atoms with Gasteiger partial charge in [0.2, 0.25) is 12.6 Å². The van der Waals surface area contributed by atoms with Crippen LogP contribution in [0.1, 0.15) is 35.9 Å². The number of hydrogen-bond acceptors (Lipinski definition) is 7.